The van der Waals surface area contributed by atoms with E-state index in [0.717, 1.165) is 23.3 Å². The quantitative estimate of drug-likeness (QED) is 0.587. The molecule has 2 amide bonds. The van der Waals surface area contributed by atoms with Gasteiger partial charge in [-0.15, -0.1) is 0 Å². The van der Waals surface area contributed by atoms with E-state index >= 15 is 0 Å². The summed E-state index contributed by atoms with van der Waals surface area (Å²) < 4.78 is 11.7. The number of hydrogen-bond donors (Lipinski definition) is 1. The van der Waals surface area contributed by atoms with E-state index in [9.17, 15) is 9.59 Å². The minimum absolute atomic E-state index is 0.165. The van der Waals surface area contributed by atoms with E-state index in [1.54, 1.807) is 17.0 Å². The summed E-state index contributed by atoms with van der Waals surface area (Å²) in [4.78, 5) is 25.9. The van der Waals surface area contributed by atoms with Crippen LogP contribution in [0.15, 0.2) is 78.9 Å². The molecular formula is C26H26N2O4. The molecule has 1 atom stereocenters. The van der Waals surface area contributed by atoms with Crippen LogP contribution >= 0.6 is 0 Å². The predicted octanol–water partition coefficient (Wildman–Crippen LogP) is 3.93. The van der Waals surface area contributed by atoms with Gasteiger partial charge in [0.15, 0.2) is 0 Å². The second kappa shape index (κ2) is 10.0. The number of carbonyl (C=O) groups excluding carboxylic acids is 2. The molecule has 6 heteroatoms. The zero-order valence-corrected chi connectivity index (χ0v) is 17.8. The second-order valence-corrected chi connectivity index (χ2v) is 7.79. The fourth-order valence-corrected chi connectivity index (χ4v) is 3.78. The fraction of sp³-hybridized carbons (Fsp3) is 0.231. The van der Waals surface area contributed by atoms with Gasteiger partial charge in [-0.25, -0.2) is 0 Å². The molecule has 0 unspecified atom stereocenters. The highest BCUT2D eigenvalue weighted by Gasteiger charge is 2.33. The van der Waals surface area contributed by atoms with Crippen molar-refractivity contribution in [1.82, 2.24) is 4.90 Å². The summed E-state index contributed by atoms with van der Waals surface area (Å²) in [5, 5.41) is 0. The fourth-order valence-electron chi connectivity index (χ4n) is 3.78. The SMILES string of the molecule is NC(=O)[C@@H]1CCCN1C(=O)c1ccc(COc2cccc(OCc3ccccc3)c2)cc1. The smallest absolute Gasteiger partial charge is 0.254 e. The molecule has 2 N–H and O–H groups in total. The highest BCUT2D eigenvalue weighted by Crippen LogP contribution is 2.23. The Kier molecular flexibility index (Phi) is 6.70. The molecule has 4 rings (SSSR count). The van der Waals surface area contributed by atoms with Crippen molar-refractivity contribution in [2.24, 2.45) is 5.73 Å². The van der Waals surface area contributed by atoms with E-state index in [1.807, 2.05) is 66.7 Å². The van der Waals surface area contributed by atoms with Gasteiger partial charge < -0.3 is 20.1 Å². The maximum absolute atomic E-state index is 12.7. The number of hydrogen-bond acceptors (Lipinski definition) is 4. The van der Waals surface area contributed by atoms with Gasteiger partial charge in [0.2, 0.25) is 5.91 Å². The van der Waals surface area contributed by atoms with Crippen molar-refractivity contribution in [3.8, 4) is 11.5 Å². The summed E-state index contributed by atoms with van der Waals surface area (Å²) >= 11 is 0. The summed E-state index contributed by atoms with van der Waals surface area (Å²) in [5.41, 5.74) is 8.00. The molecule has 0 spiro atoms. The van der Waals surface area contributed by atoms with Crippen LogP contribution in [-0.2, 0) is 18.0 Å². The van der Waals surface area contributed by atoms with Gasteiger partial charge in [0, 0.05) is 18.2 Å². The zero-order chi connectivity index (χ0) is 22.3. The highest BCUT2D eigenvalue weighted by molar-refractivity contribution is 5.97. The molecule has 0 aliphatic carbocycles. The van der Waals surface area contributed by atoms with Gasteiger partial charge >= 0.3 is 0 Å². The molecule has 0 radical (unpaired) electrons. The molecule has 32 heavy (non-hydrogen) atoms. The van der Waals surface area contributed by atoms with Crippen molar-refractivity contribution in [2.75, 3.05) is 6.54 Å². The summed E-state index contributed by atoms with van der Waals surface area (Å²) in [6.07, 6.45) is 1.42. The number of amides is 2. The minimum atomic E-state index is -0.512. The highest BCUT2D eigenvalue weighted by atomic mass is 16.5. The van der Waals surface area contributed by atoms with Crippen molar-refractivity contribution in [1.29, 1.82) is 0 Å². The first-order valence-electron chi connectivity index (χ1n) is 10.7. The molecule has 3 aromatic rings. The minimum Gasteiger partial charge on any atom is -0.489 e. The molecular weight excluding hydrogens is 404 g/mol. The zero-order valence-electron chi connectivity index (χ0n) is 17.8. The molecule has 1 fully saturated rings. The normalized spacial score (nSPS) is 15.4. The molecule has 1 aliphatic heterocycles. The van der Waals surface area contributed by atoms with Crippen LogP contribution in [0.2, 0.25) is 0 Å². The van der Waals surface area contributed by atoms with E-state index in [-0.39, 0.29) is 5.91 Å². The Hall–Kier alpha value is -3.80. The maximum Gasteiger partial charge on any atom is 0.254 e. The van der Waals surface area contributed by atoms with E-state index in [4.69, 9.17) is 15.2 Å². The Bertz CT molecular complexity index is 1070. The van der Waals surface area contributed by atoms with Gasteiger partial charge in [-0.2, -0.15) is 0 Å². The number of carbonyl (C=O) groups is 2. The van der Waals surface area contributed by atoms with Crippen molar-refractivity contribution >= 4 is 11.8 Å². The Balaban J connectivity index is 1.32. The van der Waals surface area contributed by atoms with Crippen molar-refractivity contribution in [3.63, 3.8) is 0 Å². The van der Waals surface area contributed by atoms with Crippen LogP contribution in [-0.4, -0.2) is 29.3 Å². The number of ether oxygens (including phenoxy) is 2. The monoisotopic (exact) mass is 430 g/mol. The average Bonchev–Trinajstić information content (AvgIpc) is 3.33. The van der Waals surface area contributed by atoms with Gasteiger partial charge in [0.05, 0.1) is 0 Å². The van der Waals surface area contributed by atoms with Crippen LogP contribution in [0.4, 0.5) is 0 Å². The summed E-state index contributed by atoms with van der Waals surface area (Å²) in [7, 11) is 0. The molecule has 3 aromatic carbocycles. The van der Waals surface area contributed by atoms with Crippen LogP contribution in [0, 0.1) is 0 Å². The summed E-state index contributed by atoms with van der Waals surface area (Å²) in [6.45, 7) is 1.41. The lowest BCUT2D eigenvalue weighted by molar-refractivity contribution is -0.121. The number of likely N-dealkylation sites (tertiary alicyclic amines) is 1. The van der Waals surface area contributed by atoms with Crippen LogP contribution in [0.3, 0.4) is 0 Å². The van der Waals surface area contributed by atoms with Gasteiger partial charge in [0.25, 0.3) is 5.91 Å². The Morgan fingerprint density at radius 3 is 2.09 bits per heavy atom. The van der Waals surface area contributed by atoms with E-state index in [2.05, 4.69) is 0 Å². The van der Waals surface area contributed by atoms with Crippen molar-refractivity contribution < 1.29 is 19.1 Å². The van der Waals surface area contributed by atoms with Crippen molar-refractivity contribution in [2.45, 2.75) is 32.1 Å². The molecule has 164 valence electrons. The molecule has 0 saturated carbocycles. The number of nitrogens with two attached hydrogens (primary N) is 1. The third kappa shape index (κ3) is 5.27. The van der Waals surface area contributed by atoms with Crippen molar-refractivity contribution in [3.05, 3.63) is 95.6 Å². The van der Waals surface area contributed by atoms with E-state index in [1.165, 1.54) is 0 Å². The Morgan fingerprint density at radius 2 is 1.47 bits per heavy atom. The molecule has 0 aromatic heterocycles. The number of benzene rings is 3. The topological polar surface area (TPSA) is 81.9 Å². The van der Waals surface area contributed by atoms with Gasteiger partial charge in [-0.1, -0.05) is 48.5 Å². The third-order valence-electron chi connectivity index (χ3n) is 5.50. The number of nitrogens with zero attached hydrogens (tertiary/aromatic N) is 1. The Morgan fingerprint density at radius 1 is 0.844 bits per heavy atom. The van der Waals surface area contributed by atoms with Gasteiger partial charge in [0.1, 0.15) is 30.8 Å². The number of rotatable bonds is 8. The van der Waals surface area contributed by atoms with Crippen LogP contribution in [0.1, 0.15) is 34.3 Å². The predicted molar refractivity (Wildman–Crippen MR) is 121 cm³/mol. The van der Waals surface area contributed by atoms with E-state index < -0.39 is 11.9 Å². The van der Waals surface area contributed by atoms with Gasteiger partial charge in [-0.05, 0) is 48.2 Å². The first kappa shape index (κ1) is 21.4. The molecule has 0 bridgehead atoms. The lowest BCUT2D eigenvalue weighted by atomic mass is 10.1. The number of primary amides is 1. The molecule has 1 aliphatic rings. The van der Waals surface area contributed by atoms with Crippen LogP contribution < -0.4 is 15.2 Å². The summed E-state index contributed by atoms with van der Waals surface area (Å²) in [5.74, 6) is 0.830. The first-order valence-corrected chi connectivity index (χ1v) is 10.7. The van der Waals surface area contributed by atoms with E-state index in [0.29, 0.717) is 37.5 Å². The first-order chi connectivity index (χ1) is 15.6. The maximum atomic E-state index is 12.7. The molecule has 1 saturated heterocycles. The molecule has 6 nitrogen and oxygen atoms in total. The second-order valence-electron chi connectivity index (χ2n) is 7.79. The largest absolute Gasteiger partial charge is 0.489 e. The standard InChI is InChI=1S/C26H26N2O4/c27-25(29)24-10-5-15-28(24)26(30)21-13-11-20(12-14-21)18-32-23-9-4-8-22(16-23)31-17-19-6-2-1-3-7-19/h1-4,6-9,11-14,16,24H,5,10,15,17-18H2,(H2,27,29)/t24-/m0/s1. The average molecular weight is 431 g/mol. The van der Waals surface area contributed by atoms with Crippen LogP contribution in [0.25, 0.3) is 0 Å². The lowest BCUT2D eigenvalue weighted by Crippen LogP contribution is -2.43. The third-order valence-corrected chi connectivity index (χ3v) is 5.50. The van der Waals surface area contributed by atoms with Crippen LogP contribution in [0.5, 0.6) is 11.5 Å². The summed E-state index contributed by atoms with van der Waals surface area (Å²) in [6, 6.07) is 24.2. The lowest BCUT2D eigenvalue weighted by Gasteiger charge is -2.22. The molecule has 1 heterocycles. The Labute approximate surface area is 187 Å². The van der Waals surface area contributed by atoms with Gasteiger partial charge in [-0.3, -0.25) is 9.59 Å².